The molecule has 0 amide bonds. The summed E-state index contributed by atoms with van der Waals surface area (Å²) < 4.78 is 11.2. The second-order valence-electron chi connectivity index (χ2n) is 5.24. The molecule has 0 fully saturated rings. The minimum absolute atomic E-state index is 0.0158. The van der Waals surface area contributed by atoms with Crippen molar-refractivity contribution in [1.82, 2.24) is 0 Å². The number of ether oxygens (including phenoxy) is 2. The van der Waals surface area contributed by atoms with E-state index in [9.17, 15) is 4.79 Å². The Morgan fingerprint density at radius 3 is 2.32 bits per heavy atom. The van der Waals surface area contributed by atoms with E-state index < -0.39 is 0 Å². The summed E-state index contributed by atoms with van der Waals surface area (Å²) in [5.74, 6) is 1.46. The molecule has 0 unspecified atom stereocenters. The molecule has 0 spiro atoms. The van der Waals surface area contributed by atoms with Gasteiger partial charge in [0.05, 0.1) is 7.11 Å². The highest BCUT2D eigenvalue weighted by Gasteiger charge is 2.09. The number of methoxy groups -OCH3 is 1. The van der Waals surface area contributed by atoms with Gasteiger partial charge < -0.3 is 9.47 Å². The quantitative estimate of drug-likeness (QED) is 0.746. The second kappa shape index (κ2) is 6.84. The van der Waals surface area contributed by atoms with Gasteiger partial charge in [0.2, 0.25) is 0 Å². The lowest BCUT2D eigenvalue weighted by Crippen LogP contribution is -2.02. The zero-order chi connectivity index (χ0) is 16.3. The number of carbonyl (C=O) groups excluding carboxylic acids is 1. The van der Waals surface area contributed by atoms with E-state index in [1.54, 1.807) is 32.2 Å². The summed E-state index contributed by atoms with van der Waals surface area (Å²) in [5, 5.41) is 0.753. The summed E-state index contributed by atoms with van der Waals surface area (Å²) in [6, 6.07) is 9.14. The van der Waals surface area contributed by atoms with Crippen molar-refractivity contribution in [2.45, 2.75) is 27.4 Å². The van der Waals surface area contributed by atoms with E-state index in [4.69, 9.17) is 21.1 Å². The molecular formula is C18H19ClO3. The molecule has 2 rings (SSSR count). The maximum absolute atomic E-state index is 11.5. The van der Waals surface area contributed by atoms with Crippen LogP contribution < -0.4 is 9.47 Å². The third kappa shape index (κ3) is 3.60. The zero-order valence-electron chi connectivity index (χ0n) is 13.2. The molecule has 2 aromatic rings. The van der Waals surface area contributed by atoms with Crippen molar-refractivity contribution in [2.75, 3.05) is 7.11 Å². The molecule has 2 aromatic carbocycles. The Balaban J connectivity index is 2.24. The number of hydrogen-bond donors (Lipinski definition) is 0. The Kier molecular flexibility index (Phi) is 5.09. The van der Waals surface area contributed by atoms with Crippen LogP contribution in [0.15, 0.2) is 30.3 Å². The highest BCUT2D eigenvalue weighted by molar-refractivity contribution is 6.32. The molecule has 0 aliphatic rings. The van der Waals surface area contributed by atoms with Crippen LogP contribution in [0, 0.1) is 13.8 Å². The average molecular weight is 319 g/mol. The molecule has 0 saturated heterocycles. The molecule has 0 heterocycles. The van der Waals surface area contributed by atoms with Crippen molar-refractivity contribution in [3.63, 3.8) is 0 Å². The van der Waals surface area contributed by atoms with Crippen LogP contribution in [0.4, 0.5) is 0 Å². The average Bonchev–Trinajstić information content (AvgIpc) is 2.49. The Hall–Kier alpha value is -2.00. The first-order chi connectivity index (χ1) is 10.4. The number of ketones is 1. The number of aryl methyl sites for hydroxylation is 2. The van der Waals surface area contributed by atoms with Crippen LogP contribution in [0.5, 0.6) is 11.5 Å². The van der Waals surface area contributed by atoms with Crippen LogP contribution >= 0.6 is 11.6 Å². The molecule has 0 bridgehead atoms. The largest absolute Gasteiger partial charge is 0.496 e. The van der Waals surface area contributed by atoms with Crippen LogP contribution in [-0.4, -0.2) is 12.9 Å². The number of benzene rings is 2. The fourth-order valence-electron chi connectivity index (χ4n) is 2.26. The van der Waals surface area contributed by atoms with E-state index in [0.717, 1.165) is 27.5 Å². The summed E-state index contributed by atoms with van der Waals surface area (Å²) in [4.78, 5) is 11.5. The van der Waals surface area contributed by atoms with E-state index >= 15 is 0 Å². The van der Waals surface area contributed by atoms with Gasteiger partial charge in [-0.2, -0.15) is 0 Å². The van der Waals surface area contributed by atoms with Crippen molar-refractivity contribution in [2.24, 2.45) is 0 Å². The first-order valence-corrected chi connectivity index (χ1v) is 7.37. The number of rotatable bonds is 5. The lowest BCUT2D eigenvalue weighted by atomic mass is 10.1. The fraction of sp³-hybridized carbons (Fsp3) is 0.278. The van der Waals surface area contributed by atoms with Crippen LogP contribution in [0.3, 0.4) is 0 Å². The molecular weight excluding hydrogens is 300 g/mol. The number of carbonyl (C=O) groups is 1. The van der Waals surface area contributed by atoms with Crippen molar-refractivity contribution in [1.29, 1.82) is 0 Å². The van der Waals surface area contributed by atoms with E-state index in [-0.39, 0.29) is 5.78 Å². The summed E-state index contributed by atoms with van der Waals surface area (Å²) >= 11 is 6.16. The number of halogens is 1. The molecule has 0 aliphatic carbocycles. The molecule has 0 saturated carbocycles. The Labute approximate surface area is 135 Å². The SMILES string of the molecule is COc1ccc(C(C)=O)cc1COc1cc(C)c(Cl)c(C)c1. The maximum Gasteiger partial charge on any atom is 0.159 e. The lowest BCUT2D eigenvalue weighted by Gasteiger charge is -2.13. The summed E-state index contributed by atoms with van der Waals surface area (Å²) in [6.07, 6.45) is 0. The van der Waals surface area contributed by atoms with Gasteiger partial charge >= 0.3 is 0 Å². The van der Waals surface area contributed by atoms with Crippen LogP contribution in [0.1, 0.15) is 34.0 Å². The van der Waals surface area contributed by atoms with Crippen molar-refractivity contribution < 1.29 is 14.3 Å². The topological polar surface area (TPSA) is 35.5 Å². The number of Topliss-reactive ketones (excluding diaryl/α,β-unsaturated/α-hetero) is 1. The minimum Gasteiger partial charge on any atom is -0.496 e. The monoisotopic (exact) mass is 318 g/mol. The molecule has 0 radical (unpaired) electrons. The maximum atomic E-state index is 11.5. The van der Waals surface area contributed by atoms with Crippen LogP contribution in [-0.2, 0) is 6.61 Å². The summed E-state index contributed by atoms with van der Waals surface area (Å²) in [5.41, 5.74) is 3.42. The first-order valence-electron chi connectivity index (χ1n) is 6.99. The molecule has 22 heavy (non-hydrogen) atoms. The molecule has 0 N–H and O–H groups in total. The standard InChI is InChI=1S/C18H19ClO3/c1-11-7-16(8-12(2)18(11)19)22-10-15-9-14(13(3)20)5-6-17(15)21-4/h5-9H,10H2,1-4H3. The lowest BCUT2D eigenvalue weighted by molar-refractivity contribution is 0.101. The van der Waals surface area contributed by atoms with Crippen LogP contribution in [0.2, 0.25) is 5.02 Å². The van der Waals surface area contributed by atoms with Gasteiger partial charge in [-0.05, 0) is 62.2 Å². The fourth-order valence-corrected chi connectivity index (χ4v) is 2.37. The molecule has 3 nitrogen and oxygen atoms in total. The van der Waals surface area contributed by atoms with Gasteiger partial charge in [-0.25, -0.2) is 0 Å². The van der Waals surface area contributed by atoms with Gasteiger partial charge in [0.1, 0.15) is 18.1 Å². The van der Waals surface area contributed by atoms with Crippen molar-refractivity contribution in [3.8, 4) is 11.5 Å². The summed E-state index contributed by atoms with van der Waals surface area (Å²) in [6.45, 7) is 5.75. The Bertz CT molecular complexity index is 684. The predicted octanol–water partition coefficient (Wildman–Crippen LogP) is 4.75. The highest BCUT2D eigenvalue weighted by Crippen LogP contribution is 2.27. The van der Waals surface area contributed by atoms with Crippen molar-refractivity contribution in [3.05, 3.63) is 57.6 Å². The molecule has 0 aromatic heterocycles. The van der Waals surface area contributed by atoms with E-state index in [1.165, 1.54) is 0 Å². The van der Waals surface area contributed by atoms with E-state index in [0.29, 0.717) is 17.9 Å². The third-order valence-electron chi connectivity index (χ3n) is 3.49. The zero-order valence-corrected chi connectivity index (χ0v) is 14.0. The van der Waals surface area contributed by atoms with Gasteiger partial charge in [0.25, 0.3) is 0 Å². The van der Waals surface area contributed by atoms with E-state index in [1.807, 2.05) is 26.0 Å². The van der Waals surface area contributed by atoms with Gasteiger partial charge in [-0.3, -0.25) is 4.79 Å². The smallest absolute Gasteiger partial charge is 0.159 e. The molecule has 116 valence electrons. The van der Waals surface area contributed by atoms with Crippen molar-refractivity contribution >= 4 is 17.4 Å². The highest BCUT2D eigenvalue weighted by atomic mass is 35.5. The van der Waals surface area contributed by atoms with Gasteiger partial charge in [0, 0.05) is 16.1 Å². The minimum atomic E-state index is 0.0158. The van der Waals surface area contributed by atoms with Gasteiger partial charge in [-0.15, -0.1) is 0 Å². The van der Waals surface area contributed by atoms with E-state index in [2.05, 4.69) is 0 Å². The molecule has 0 atom stereocenters. The second-order valence-corrected chi connectivity index (χ2v) is 5.62. The molecule has 0 aliphatic heterocycles. The Morgan fingerprint density at radius 1 is 1.14 bits per heavy atom. The van der Waals surface area contributed by atoms with Gasteiger partial charge in [-0.1, -0.05) is 11.6 Å². The normalized spacial score (nSPS) is 10.4. The predicted molar refractivity (Wildman–Crippen MR) is 88.3 cm³/mol. The summed E-state index contributed by atoms with van der Waals surface area (Å²) in [7, 11) is 1.60. The van der Waals surface area contributed by atoms with Gasteiger partial charge in [0.15, 0.2) is 5.78 Å². The first kappa shape index (κ1) is 16.4. The Morgan fingerprint density at radius 2 is 1.77 bits per heavy atom. The number of hydrogen-bond acceptors (Lipinski definition) is 3. The third-order valence-corrected chi connectivity index (χ3v) is 4.09. The molecule has 4 heteroatoms. The van der Waals surface area contributed by atoms with Crippen LogP contribution in [0.25, 0.3) is 0 Å².